The minimum atomic E-state index is 0.0222. The molecule has 2 N–H and O–H groups in total. The van der Waals surface area contributed by atoms with Gasteiger partial charge in [0.15, 0.2) is 5.13 Å². The molecule has 0 radical (unpaired) electrons. The fourth-order valence-corrected chi connectivity index (χ4v) is 3.91. The third kappa shape index (κ3) is 3.34. The zero-order valence-electron chi connectivity index (χ0n) is 13.4. The molecule has 3 heterocycles. The molecule has 0 bridgehead atoms. The minimum Gasteiger partial charge on any atom is -0.358 e. The van der Waals surface area contributed by atoms with Crippen molar-refractivity contribution in [1.29, 1.82) is 0 Å². The van der Waals surface area contributed by atoms with E-state index in [9.17, 15) is 4.79 Å². The van der Waals surface area contributed by atoms with Crippen molar-refractivity contribution in [3.8, 4) is 0 Å². The first kappa shape index (κ1) is 15.4. The summed E-state index contributed by atoms with van der Waals surface area (Å²) in [6, 6.07) is 10.7. The van der Waals surface area contributed by atoms with Crippen molar-refractivity contribution >= 4 is 33.3 Å². The number of amides is 1. The van der Waals surface area contributed by atoms with Crippen molar-refractivity contribution in [3.05, 3.63) is 47.6 Å². The van der Waals surface area contributed by atoms with Gasteiger partial charge < -0.3 is 10.3 Å². The Bertz CT molecular complexity index is 786. The Morgan fingerprint density at radius 3 is 2.92 bits per heavy atom. The lowest BCUT2D eigenvalue weighted by Crippen LogP contribution is -2.38. The number of fused-ring (bicyclic) bond motifs is 1. The van der Waals surface area contributed by atoms with Gasteiger partial charge >= 0.3 is 0 Å². The Kier molecular flexibility index (Phi) is 4.32. The van der Waals surface area contributed by atoms with E-state index in [0.29, 0.717) is 17.6 Å². The molecular weight excluding hydrogens is 320 g/mol. The van der Waals surface area contributed by atoms with Gasteiger partial charge in [-0.3, -0.25) is 9.69 Å². The summed E-state index contributed by atoms with van der Waals surface area (Å²) in [6.45, 7) is 2.34. The van der Waals surface area contributed by atoms with Gasteiger partial charge in [0.2, 0.25) is 5.91 Å². The molecular formula is C18H20N4OS. The van der Waals surface area contributed by atoms with Crippen molar-refractivity contribution < 1.29 is 4.79 Å². The first-order valence-electron chi connectivity index (χ1n) is 8.27. The Morgan fingerprint density at radius 2 is 2.17 bits per heavy atom. The highest BCUT2D eigenvalue weighted by Crippen LogP contribution is 2.29. The predicted molar refractivity (Wildman–Crippen MR) is 97.5 cm³/mol. The number of para-hydroxylation sites is 1. The number of nitrogens with one attached hydrogen (secondary N) is 2. The molecule has 4 rings (SSSR count). The molecule has 0 unspecified atom stereocenters. The van der Waals surface area contributed by atoms with Crippen LogP contribution < -0.4 is 5.32 Å². The van der Waals surface area contributed by atoms with Crippen molar-refractivity contribution in [2.45, 2.75) is 18.8 Å². The monoisotopic (exact) mass is 340 g/mol. The molecule has 0 spiro atoms. The summed E-state index contributed by atoms with van der Waals surface area (Å²) in [5, 5.41) is 6.66. The van der Waals surface area contributed by atoms with Crippen LogP contribution in [0.5, 0.6) is 0 Å². The number of aromatic amines is 1. The van der Waals surface area contributed by atoms with Crippen LogP contribution in [0.15, 0.2) is 41.9 Å². The van der Waals surface area contributed by atoms with Crippen molar-refractivity contribution in [2.24, 2.45) is 0 Å². The highest BCUT2D eigenvalue weighted by Gasteiger charge is 2.23. The maximum absolute atomic E-state index is 12.1. The van der Waals surface area contributed by atoms with E-state index >= 15 is 0 Å². The average molecular weight is 340 g/mol. The zero-order valence-corrected chi connectivity index (χ0v) is 14.2. The fraction of sp³-hybridized carbons (Fsp3) is 0.333. The van der Waals surface area contributed by atoms with Crippen LogP contribution in [0.1, 0.15) is 24.5 Å². The van der Waals surface area contributed by atoms with Crippen LogP contribution in [0.25, 0.3) is 10.9 Å². The number of H-pyrrole nitrogens is 1. The number of benzene rings is 1. The largest absolute Gasteiger partial charge is 0.358 e. The maximum Gasteiger partial charge on any atom is 0.240 e. The Morgan fingerprint density at radius 1 is 1.33 bits per heavy atom. The van der Waals surface area contributed by atoms with Crippen molar-refractivity contribution in [1.82, 2.24) is 14.9 Å². The fourth-order valence-electron chi connectivity index (χ4n) is 3.36. The van der Waals surface area contributed by atoms with E-state index < -0.39 is 0 Å². The van der Waals surface area contributed by atoms with Crippen LogP contribution in [-0.4, -0.2) is 40.4 Å². The van der Waals surface area contributed by atoms with Crippen LogP contribution >= 0.6 is 11.3 Å². The molecule has 124 valence electrons. The van der Waals surface area contributed by atoms with Crippen LogP contribution in [0, 0.1) is 0 Å². The summed E-state index contributed by atoms with van der Waals surface area (Å²) in [7, 11) is 0. The van der Waals surface area contributed by atoms with E-state index in [4.69, 9.17) is 0 Å². The van der Waals surface area contributed by atoms with Gasteiger partial charge in [-0.25, -0.2) is 4.98 Å². The van der Waals surface area contributed by atoms with Crippen molar-refractivity contribution in [3.63, 3.8) is 0 Å². The van der Waals surface area contributed by atoms with Crippen LogP contribution in [0.2, 0.25) is 0 Å². The lowest BCUT2D eigenvalue weighted by molar-refractivity contribution is -0.117. The first-order chi connectivity index (χ1) is 11.8. The third-order valence-corrected chi connectivity index (χ3v) is 5.31. The van der Waals surface area contributed by atoms with E-state index in [1.165, 1.54) is 27.9 Å². The number of likely N-dealkylation sites (tertiary alicyclic amines) is 1. The summed E-state index contributed by atoms with van der Waals surface area (Å²) in [6.07, 6.45) is 3.86. The summed E-state index contributed by atoms with van der Waals surface area (Å²) >= 11 is 1.45. The Hall–Kier alpha value is -2.18. The molecule has 3 aromatic rings. The predicted octanol–water partition coefficient (Wildman–Crippen LogP) is 3.44. The second-order valence-electron chi connectivity index (χ2n) is 6.25. The summed E-state index contributed by atoms with van der Waals surface area (Å²) < 4.78 is 0. The van der Waals surface area contributed by atoms with Gasteiger partial charge in [0.25, 0.3) is 0 Å². The van der Waals surface area contributed by atoms with E-state index in [1.807, 2.05) is 5.38 Å². The van der Waals surface area contributed by atoms with Crippen LogP contribution in [-0.2, 0) is 4.79 Å². The molecule has 24 heavy (non-hydrogen) atoms. The molecule has 6 heteroatoms. The normalized spacial score (nSPS) is 16.5. The van der Waals surface area contributed by atoms with E-state index in [-0.39, 0.29) is 5.91 Å². The highest BCUT2D eigenvalue weighted by atomic mass is 32.1. The number of thiazole rings is 1. The lowest BCUT2D eigenvalue weighted by Gasteiger charge is -2.30. The van der Waals surface area contributed by atoms with Gasteiger partial charge in [-0.2, -0.15) is 0 Å². The molecule has 2 aromatic heterocycles. The number of carbonyl (C=O) groups is 1. The number of hydrogen-bond acceptors (Lipinski definition) is 4. The number of rotatable bonds is 4. The van der Waals surface area contributed by atoms with Gasteiger partial charge in [-0.15, -0.1) is 11.3 Å². The number of carbonyl (C=O) groups excluding carboxylic acids is 1. The lowest BCUT2D eigenvalue weighted by atomic mass is 9.93. The van der Waals surface area contributed by atoms with Crippen LogP contribution in [0.4, 0.5) is 5.13 Å². The smallest absolute Gasteiger partial charge is 0.240 e. The summed E-state index contributed by atoms with van der Waals surface area (Å²) in [5.41, 5.74) is 2.53. The van der Waals surface area contributed by atoms with Gasteiger partial charge in [0.1, 0.15) is 0 Å². The first-order valence-corrected chi connectivity index (χ1v) is 9.15. The molecule has 1 aliphatic heterocycles. The maximum atomic E-state index is 12.1. The highest BCUT2D eigenvalue weighted by molar-refractivity contribution is 7.13. The summed E-state index contributed by atoms with van der Waals surface area (Å²) in [5.74, 6) is 0.574. The molecule has 0 aliphatic carbocycles. The number of aromatic nitrogens is 2. The Labute approximate surface area is 144 Å². The molecule has 1 aromatic carbocycles. The third-order valence-electron chi connectivity index (χ3n) is 4.62. The zero-order chi connectivity index (χ0) is 16.4. The topological polar surface area (TPSA) is 61.0 Å². The number of nitrogens with zero attached hydrogens (tertiary/aromatic N) is 2. The second-order valence-corrected chi connectivity index (χ2v) is 7.14. The number of piperidine rings is 1. The average Bonchev–Trinajstić information content (AvgIpc) is 3.24. The SMILES string of the molecule is O=C(CN1CCC(c2cc3ccccc3[nH]2)CC1)Nc1nccs1. The van der Waals surface area contributed by atoms with Gasteiger partial charge in [-0.05, 0) is 43.5 Å². The molecule has 1 fully saturated rings. The number of anilines is 1. The van der Waals surface area contributed by atoms with Crippen molar-refractivity contribution in [2.75, 3.05) is 25.0 Å². The minimum absolute atomic E-state index is 0.0222. The molecule has 1 aliphatic rings. The quantitative estimate of drug-likeness (QED) is 0.765. The van der Waals surface area contributed by atoms with Gasteiger partial charge in [0.05, 0.1) is 6.54 Å². The van der Waals surface area contributed by atoms with Crippen LogP contribution in [0.3, 0.4) is 0 Å². The molecule has 1 saturated heterocycles. The van der Waals surface area contributed by atoms with Gasteiger partial charge in [-0.1, -0.05) is 18.2 Å². The molecule has 0 atom stereocenters. The van der Waals surface area contributed by atoms with E-state index in [2.05, 4.69) is 50.5 Å². The molecule has 0 saturated carbocycles. The standard InChI is InChI=1S/C18H20N4OS/c23-17(21-18-19-7-10-24-18)12-22-8-5-13(6-9-22)16-11-14-3-1-2-4-15(14)20-16/h1-4,7,10-11,13,20H,5-6,8-9,12H2,(H,19,21,23). The molecule has 5 nitrogen and oxygen atoms in total. The summed E-state index contributed by atoms with van der Waals surface area (Å²) in [4.78, 5) is 21.9. The number of hydrogen-bond donors (Lipinski definition) is 2. The Balaban J connectivity index is 1.32. The van der Waals surface area contributed by atoms with E-state index in [1.54, 1.807) is 6.20 Å². The van der Waals surface area contributed by atoms with E-state index in [0.717, 1.165) is 25.9 Å². The van der Waals surface area contributed by atoms with Gasteiger partial charge in [0, 0.05) is 28.7 Å². The second kappa shape index (κ2) is 6.75. The molecule has 1 amide bonds.